The second-order valence-corrected chi connectivity index (χ2v) is 7.60. The number of rotatable bonds is 5. The fourth-order valence-corrected chi connectivity index (χ4v) is 4.25. The van der Waals surface area contributed by atoms with E-state index in [2.05, 4.69) is 50.5 Å². The van der Waals surface area contributed by atoms with Gasteiger partial charge >= 0.3 is 0 Å². The van der Waals surface area contributed by atoms with Crippen molar-refractivity contribution in [3.05, 3.63) is 83.9 Å². The van der Waals surface area contributed by atoms with Gasteiger partial charge in [0.2, 0.25) is 0 Å². The molecule has 1 fully saturated rings. The van der Waals surface area contributed by atoms with Crippen LogP contribution in [0.1, 0.15) is 35.8 Å². The van der Waals surface area contributed by atoms with Crippen LogP contribution < -0.4 is 5.32 Å². The molecule has 1 atom stereocenters. The minimum absolute atomic E-state index is 0.306. The SMILES string of the molecule is N#Cc1ccc(Nc2cccc([C@H]3CCCN3Cc3cccc4[nH]ccc34)n2)cn1. The van der Waals surface area contributed by atoms with E-state index in [1.54, 1.807) is 12.3 Å². The molecule has 1 aromatic carbocycles. The molecule has 1 aliphatic rings. The summed E-state index contributed by atoms with van der Waals surface area (Å²) in [5, 5.41) is 13.5. The lowest BCUT2D eigenvalue weighted by Crippen LogP contribution is -2.23. The third-order valence-corrected chi connectivity index (χ3v) is 5.68. The van der Waals surface area contributed by atoms with E-state index < -0.39 is 0 Å². The van der Waals surface area contributed by atoms with E-state index in [1.807, 2.05) is 30.5 Å². The monoisotopic (exact) mass is 394 g/mol. The van der Waals surface area contributed by atoms with E-state index in [0.29, 0.717) is 11.7 Å². The maximum Gasteiger partial charge on any atom is 0.140 e. The molecular formula is C24H22N6. The Kier molecular flexibility index (Phi) is 4.88. The maximum atomic E-state index is 8.90. The van der Waals surface area contributed by atoms with Crippen molar-refractivity contribution in [3.63, 3.8) is 0 Å². The van der Waals surface area contributed by atoms with Gasteiger partial charge in [-0.15, -0.1) is 0 Å². The highest BCUT2D eigenvalue weighted by Crippen LogP contribution is 2.34. The fraction of sp³-hybridized carbons (Fsp3) is 0.208. The van der Waals surface area contributed by atoms with Gasteiger partial charge < -0.3 is 10.3 Å². The number of aromatic nitrogens is 3. The molecule has 4 aromatic rings. The Balaban J connectivity index is 1.36. The number of hydrogen-bond acceptors (Lipinski definition) is 5. The normalized spacial score (nSPS) is 16.6. The summed E-state index contributed by atoms with van der Waals surface area (Å²) in [6.07, 6.45) is 5.95. The molecule has 3 aromatic heterocycles. The zero-order valence-electron chi connectivity index (χ0n) is 16.5. The van der Waals surface area contributed by atoms with Gasteiger partial charge in [0, 0.05) is 23.6 Å². The number of nitrogens with one attached hydrogen (secondary N) is 2. The molecule has 6 heteroatoms. The van der Waals surface area contributed by atoms with Crippen molar-refractivity contribution in [3.8, 4) is 6.07 Å². The fourth-order valence-electron chi connectivity index (χ4n) is 4.25. The molecule has 0 unspecified atom stereocenters. The van der Waals surface area contributed by atoms with Crippen molar-refractivity contribution in [2.45, 2.75) is 25.4 Å². The summed E-state index contributed by atoms with van der Waals surface area (Å²) >= 11 is 0. The molecule has 148 valence electrons. The van der Waals surface area contributed by atoms with Gasteiger partial charge in [0.05, 0.1) is 23.6 Å². The summed E-state index contributed by atoms with van der Waals surface area (Å²) in [6, 6.07) is 20.6. The van der Waals surface area contributed by atoms with Crippen molar-refractivity contribution in [2.75, 3.05) is 11.9 Å². The van der Waals surface area contributed by atoms with E-state index in [1.165, 1.54) is 22.9 Å². The van der Waals surface area contributed by atoms with Gasteiger partial charge in [-0.2, -0.15) is 5.26 Å². The molecule has 2 N–H and O–H groups in total. The lowest BCUT2D eigenvalue weighted by Gasteiger charge is -2.25. The number of aromatic amines is 1. The number of nitriles is 1. The standard InChI is InChI=1S/C24H22N6/c25-14-18-9-10-19(15-27-18)28-24-8-2-6-22(29-24)23-7-3-13-30(23)16-17-4-1-5-21-20(17)11-12-26-21/h1-2,4-6,8-12,15,23,26H,3,7,13,16H2,(H,28,29)/t23-/m1/s1. The third-order valence-electron chi connectivity index (χ3n) is 5.68. The van der Waals surface area contributed by atoms with Crippen molar-refractivity contribution in [2.24, 2.45) is 0 Å². The van der Waals surface area contributed by atoms with E-state index in [-0.39, 0.29) is 0 Å². The highest BCUT2D eigenvalue weighted by molar-refractivity contribution is 5.82. The number of H-pyrrole nitrogens is 1. The molecule has 0 saturated carbocycles. The Labute approximate surface area is 175 Å². The van der Waals surface area contributed by atoms with Crippen LogP contribution in [0.15, 0.2) is 67.0 Å². The number of nitrogens with zero attached hydrogens (tertiary/aromatic N) is 4. The van der Waals surface area contributed by atoms with Crippen LogP contribution in [-0.4, -0.2) is 26.4 Å². The van der Waals surface area contributed by atoms with Crippen LogP contribution in [0.4, 0.5) is 11.5 Å². The summed E-state index contributed by atoms with van der Waals surface area (Å²) in [5.41, 5.74) is 4.84. The number of pyridine rings is 2. The van der Waals surface area contributed by atoms with Gasteiger partial charge in [0.25, 0.3) is 0 Å². The zero-order valence-corrected chi connectivity index (χ0v) is 16.5. The van der Waals surface area contributed by atoms with Crippen molar-refractivity contribution in [1.29, 1.82) is 5.26 Å². The Morgan fingerprint density at radius 2 is 2.07 bits per heavy atom. The molecule has 5 rings (SSSR count). The highest BCUT2D eigenvalue weighted by Gasteiger charge is 2.27. The first-order valence-electron chi connectivity index (χ1n) is 10.2. The van der Waals surface area contributed by atoms with Gasteiger partial charge in [-0.1, -0.05) is 18.2 Å². The molecule has 0 amide bonds. The van der Waals surface area contributed by atoms with E-state index in [0.717, 1.165) is 36.7 Å². The Morgan fingerprint density at radius 1 is 1.13 bits per heavy atom. The first kappa shape index (κ1) is 18.3. The van der Waals surface area contributed by atoms with Crippen LogP contribution >= 0.6 is 0 Å². The van der Waals surface area contributed by atoms with E-state index >= 15 is 0 Å². The smallest absolute Gasteiger partial charge is 0.140 e. The van der Waals surface area contributed by atoms with Crippen LogP contribution in [0.3, 0.4) is 0 Å². The quantitative estimate of drug-likeness (QED) is 0.503. The van der Waals surface area contributed by atoms with Crippen LogP contribution in [0, 0.1) is 11.3 Å². The summed E-state index contributed by atoms with van der Waals surface area (Å²) in [7, 11) is 0. The average Bonchev–Trinajstić information content (AvgIpc) is 3.44. The van der Waals surface area contributed by atoms with Crippen molar-refractivity contribution < 1.29 is 0 Å². The van der Waals surface area contributed by atoms with Crippen LogP contribution in [-0.2, 0) is 6.54 Å². The summed E-state index contributed by atoms with van der Waals surface area (Å²) < 4.78 is 0. The number of fused-ring (bicyclic) bond motifs is 1. The Hall–Kier alpha value is -3.69. The molecule has 0 bridgehead atoms. The average molecular weight is 394 g/mol. The lowest BCUT2D eigenvalue weighted by molar-refractivity contribution is 0.245. The van der Waals surface area contributed by atoms with Gasteiger partial charge in [-0.3, -0.25) is 4.90 Å². The number of likely N-dealkylation sites (tertiary alicyclic amines) is 1. The summed E-state index contributed by atoms with van der Waals surface area (Å²) in [5.74, 6) is 0.790. The Morgan fingerprint density at radius 3 is 2.93 bits per heavy atom. The first-order valence-corrected chi connectivity index (χ1v) is 10.2. The topological polar surface area (TPSA) is 80.6 Å². The predicted octanol–water partition coefficient (Wildman–Crippen LogP) is 4.91. The predicted molar refractivity (Wildman–Crippen MR) is 117 cm³/mol. The zero-order chi connectivity index (χ0) is 20.3. The minimum Gasteiger partial charge on any atom is -0.361 e. The van der Waals surface area contributed by atoms with Gasteiger partial charge in [-0.05, 0) is 61.3 Å². The second-order valence-electron chi connectivity index (χ2n) is 7.60. The first-order chi connectivity index (χ1) is 14.8. The molecule has 4 heterocycles. The van der Waals surface area contributed by atoms with Gasteiger partial charge in [0.15, 0.2) is 0 Å². The summed E-state index contributed by atoms with van der Waals surface area (Å²) in [4.78, 5) is 14.8. The molecule has 0 radical (unpaired) electrons. The molecule has 30 heavy (non-hydrogen) atoms. The second kappa shape index (κ2) is 7.97. The van der Waals surface area contributed by atoms with E-state index in [4.69, 9.17) is 10.2 Å². The third kappa shape index (κ3) is 3.63. The molecule has 1 aliphatic heterocycles. The minimum atomic E-state index is 0.306. The van der Waals surface area contributed by atoms with Gasteiger partial charge in [-0.25, -0.2) is 9.97 Å². The molecule has 0 spiro atoms. The number of benzene rings is 1. The van der Waals surface area contributed by atoms with Crippen molar-refractivity contribution in [1.82, 2.24) is 19.9 Å². The molecule has 1 saturated heterocycles. The number of hydrogen-bond donors (Lipinski definition) is 2. The molecule has 0 aliphatic carbocycles. The maximum absolute atomic E-state index is 8.90. The summed E-state index contributed by atoms with van der Waals surface area (Å²) in [6.45, 7) is 1.99. The van der Waals surface area contributed by atoms with Crippen LogP contribution in [0.2, 0.25) is 0 Å². The van der Waals surface area contributed by atoms with Crippen LogP contribution in [0.25, 0.3) is 10.9 Å². The molecular weight excluding hydrogens is 372 g/mol. The van der Waals surface area contributed by atoms with Gasteiger partial charge in [0.1, 0.15) is 17.6 Å². The molecule has 6 nitrogen and oxygen atoms in total. The largest absolute Gasteiger partial charge is 0.361 e. The Bertz CT molecular complexity index is 1200. The van der Waals surface area contributed by atoms with Crippen LogP contribution in [0.5, 0.6) is 0 Å². The van der Waals surface area contributed by atoms with Crippen molar-refractivity contribution >= 4 is 22.4 Å². The van der Waals surface area contributed by atoms with E-state index in [9.17, 15) is 0 Å². The lowest BCUT2D eigenvalue weighted by atomic mass is 10.1. The number of anilines is 2. The highest BCUT2D eigenvalue weighted by atomic mass is 15.2.